The highest BCUT2D eigenvalue weighted by molar-refractivity contribution is 4.82. The van der Waals surface area contributed by atoms with Crippen molar-refractivity contribution in [2.75, 3.05) is 26.3 Å². The summed E-state index contributed by atoms with van der Waals surface area (Å²) in [5.41, 5.74) is 0. The second kappa shape index (κ2) is 1.94. The van der Waals surface area contributed by atoms with Crippen molar-refractivity contribution in [3.8, 4) is 0 Å². The van der Waals surface area contributed by atoms with E-state index in [0.29, 0.717) is 0 Å². The van der Waals surface area contributed by atoms with E-state index in [2.05, 4.69) is 5.32 Å². The largest absolute Gasteiger partial charge is 0.348 e. The van der Waals surface area contributed by atoms with E-state index in [1.165, 1.54) is 0 Å². The van der Waals surface area contributed by atoms with Crippen LogP contribution in [0.25, 0.3) is 0 Å². The Bertz CT molecular complexity index is 104. The van der Waals surface area contributed by atoms with Gasteiger partial charge in [0.2, 0.25) is 0 Å². The summed E-state index contributed by atoms with van der Waals surface area (Å²) in [5.74, 6) is -0.266. The van der Waals surface area contributed by atoms with Crippen molar-refractivity contribution in [1.82, 2.24) is 5.32 Å². The van der Waals surface area contributed by atoms with Gasteiger partial charge < -0.3 is 9.47 Å². The lowest BCUT2D eigenvalue weighted by Crippen LogP contribution is -2.55. The summed E-state index contributed by atoms with van der Waals surface area (Å²) in [4.78, 5) is 0. The van der Waals surface area contributed by atoms with Gasteiger partial charge in [0.25, 0.3) is 0 Å². The summed E-state index contributed by atoms with van der Waals surface area (Å²) in [5, 5.41) is 4.20. The number of rotatable bonds is 0. The molecule has 1 radical (unpaired) electrons. The SMILES string of the molecule is C1COC2(CCO2)C[N]1. The lowest BCUT2D eigenvalue weighted by molar-refractivity contribution is -0.313. The van der Waals surface area contributed by atoms with Crippen molar-refractivity contribution in [2.45, 2.75) is 12.2 Å². The fourth-order valence-electron chi connectivity index (χ4n) is 1.16. The third-order valence-corrected chi connectivity index (χ3v) is 1.82. The Balaban J connectivity index is 1.93. The minimum Gasteiger partial charge on any atom is -0.348 e. The molecule has 2 saturated heterocycles. The molecule has 2 fully saturated rings. The molecular weight excluding hydrogens is 118 g/mol. The Kier molecular flexibility index (Phi) is 1.22. The number of hydrogen-bond donors (Lipinski definition) is 0. The van der Waals surface area contributed by atoms with E-state index >= 15 is 0 Å². The quantitative estimate of drug-likeness (QED) is 0.450. The third-order valence-electron chi connectivity index (χ3n) is 1.82. The predicted octanol–water partition coefficient (Wildman–Crippen LogP) is -0.262. The Morgan fingerprint density at radius 1 is 1.22 bits per heavy atom. The summed E-state index contributed by atoms with van der Waals surface area (Å²) in [7, 11) is 0. The first-order chi connectivity index (χ1) is 4.41. The van der Waals surface area contributed by atoms with Crippen LogP contribution in [0.5, 0.6) is 0 Å². The topological polar surface area (TPSA) is 32.6 Å². The van der Waals surface area contributed by atoms with Crippen molar-refractivity contribution in [3.05, 3.63) is 0 Å². The molecule has 2 aliphatic rings. The summed E-state index contributed by atoms with van der Waals surface area (Å²) >= 11 is 0. The highest BCUT2D eigenvalue weighted by atomic mass is 16.7. The fourth-order valence-corrected chi connectivity index (χ4v) is 1.16. The smallest absolute Gasteiger partial charge is 0.184 e. The lowest BCUT2D eigenvalue weighted by Gasteiger charge is -2.43. The van der Waals surface area contributed by atoms with Gasteiger partial charge in [-0.15, -0.1) is 0 Å². The summed E-state index contributed by atoms with van der Waals surface area (Å²) in [6.07, 6.45) is 1.02. The minimum absolute atomic E-state index is 0.266. The summed E-state index contributed by atoms with van der Waals surface area (Å²) in [6.45, 7) is 3.16. The van der Waals surface area contributed by atoms with Crippen LogP contribution in [0.4, 0.5) is 0 Å². The Labute approximate surface area is 54.3 Å². The zero-order chi connectivity index (χ0) is 6.16. The van der Waals surface area contributed by atoms with Crippen LogP contribution in [0.2, 0.25) is 0 Å². The molecule has 0 saturated carbocycles. The van der Waals surface area contributed by atoms with Crippen molar-refractivity contribution >= 4 is 0 Å². The van der Waals surface area contributed by atoms with Gasteiger partial charge in [0.05, 0.1) is 19.8 Å². The van der Waals surface area contributed by atoms with Gasteiger partial charge in [0.15, 0.2) is 5.79 Å². The molecule has 1 atom stereocenters. The fraction of sp³-hybridized carbons (Fsp3) is 1.00. The second-order valence-corrected chi connectivity index (χ2v) is 2.46. The zero-order valence-electron chi connectivity index (χ0n) is 5.30. The number of ether oxygens (including phenoxy) is 2. The number of morpholine rings is 1. The van der Waals surface area contributed by atoms with Gasteiger partial charge in [-0.1, -0.05) is 0 Å². The average molecular weight is 128 g/mol. The highest BCUT2D eigenvalue weighted by Crippen LogP contribution is 2.28. The Morgan fingerprint density at radius 2 is 2.00 bits per heavy atom. The number of nitrogens with zero attached hydrogens (tertiary/aromatic N) is 1. The molecule has 0 amide bonds. The molecule has 2 rings (SSSR count). The van der Waals surface area contributed by atoms with Gasteiger partial charge >= 0.3 is 0 Å². The van der Waals surface area contributed by atoms with E-state index in [0.717, 1.165) is 32.7 Å². The molecule has 1 unspecified atom stereocenters. The van der Waals surface area contributed by atoms with Crippen LogP contribution in [0, 0.1) is 0 Å². The van der Waals surface area contributed by atoms with Crippen molar-refractivity contribution < 1.29 is 9.47 Å². The van der Waals surface area contributed by atoms with Crippen molar-refractivity contribution in [2.24, 2.45) is 0 Å². The first-order valence-electron chi connectivity index (χ1n) is 3.33. The van der Waals surface area contributed by atoms with Gasteiger partial charge in [0.1, 0.15) is 0 Å². The van der Waals surface area contributed by atoms with E-state index in [9.17, 15) is 0 Å². The monoisotopic (exact) mass is 128 g/mol. The van der Waals surface area contributed by atoms with Crippen LogP contribution >= 0.6 is 0 Å². The second-order valence-electron chi connectivity index (χ2n) is 2.46. The standard InChI is InChI=1S/C6H10NO2/c1-3-8-6(1)5-7-2-4-9-6/h1-5H2. The van der Waals surface area contributed by atoms with E-state index in [1.807, 2.05) is 0 Å². The van der Waals surface area contributed by atoms with E-state index in [4.69, 9.17) is 9.47 Å². The maximum Gasteiger partial charge on any atom is 0.184 e. The molecule has 0 aromatic heterocycles. The van der Waals surface area contributed by atoms with Crippen molar-refractivity contribution in [3.63, 3.8) is 0 Å². The van der Waals surface area contributed by atoms with Gasteiger partial charge in [-0.25, -0.2) is 5.32 Å². The molecule has 0 aromatic rings. The van der Waals surface area contributed by atoms with Crippen LogP contribution in [0.15, 0.2) is 0 Å². The lowest BCUT2D eigenvalue weighted by atomic mass is 10.1. The molecule has 0 N–H and O–H groups in total. The van der Waals surface area contributed by atoms with Gasteiger partial charge in [-0.05, 0) is 0 Å². The first kappa shape index (κ1) is 5.65. The molecule has 2 aliphatic heterocycles. The maximum atomic E-state index is 5.39. The van der Waals surface area contributed by atoms with E-state index < -0.39 is 0 Å². The maximum absolute atomic E-state index is 5.39. The normalized spacial score (nSPS) is 42.7. The Hall–Kier alpha value is -0.120. The van der Waals surface area contributed by atoms with Crippen LogP contribution in [-0.4, -0.2) is 32.1 Å². The summed E-state index contributed by atoms with van der Waals surface area (Å²) in [6, 6.07) is 0. The molecule has 51 valence electrons. The van der Waals surface area contributed by atoms with Gasteiger partial charge in [0, 0.05) is 13.0 Å². The highest BCUT2D eigenvalue weighted by Gasteiger charge is 2.41. The minimum atomic E-state index is -0.266. The van der Waals surface area contributed by atoms with Crippen LogP contribution < -0.4 is 5.32 Å². The molecule has 0 aliphatic carbocycles. The molecule has 1 spiro atoms. The Morgan fingerprint density at radius 3 is 2.33 bits per heavy atom. The zero-order valence-corrected chi connectivity index (χ0v) is 5.30. The van der Waals surface area contributed by atoms with Gasteiger partial charge in [-0.3, -0.25) is 0 Å². The molecular formula is C6H10NO2. The molecule has 3 heteroatoms. The molecule has 0 aromatic carbocycles. The predicted molar refractivity (Wildman–Crippen MR) is 31.1 cm³/mol. The molecule has 2 heterocycles. The number of hydrogen-bond acceptors (Lipinski definition) is 2. The molecule has 3 nitrogen and oxygen atoms in total. The summed E-state index contributed by atoms with van der Waals surface area (Å²) < 4.78 is 10.6. The van der Waals surface area contributed by atoms with Crippen LogP contribution in [-0.2, 0) is 9.47 Å². The molecule has 0 bridgehead atoms. The van der Waals surface area contributed by atoms with Crippen LogP contribution in [0.1, 0.15) is 6.42 Å². The van der Waals surface area contributed by atoms with Gasteiger partial charge in [-0.2, -0.15) is 0 Å². The molecule has 9 heavy (non-hydrogen) atoms. The van der Waals surface area contributed by atoms with E-state index in [-0.39, 0.29) is 5.79 Å². The third kappa shape index (κ3) is 0.852. The average Bonchev–Trinajstić information content (AvgIpc) is 1.87. The first-order valence-corrected chi connectivity index (χ1v) is 3.33. The van der Waals surface area contributed by atoms with Crippen LogP contribution in [0.3, 0.4) is 0 Å². The van der Waals surface area contributed by atoms with E-state index in [1.54, 1.807) is 0 Å². The van der Waals surface area contributed by atoms with Crippen molar-refractivity contribution in [1.29, 1.82) is 0 Å².